The van der Waals surface area contributed by atoms with E-state index in [1.54, 1.807) is 12.1 Å². The Hall–Kier alpha value is -0.360. The van der Waals surface area contributed by atoms with Crippen molar-refractivity contribution in [1.82, 2.24) is 5.32 Å². The maximum atomic E-state index is 11.5. The van der Waals surface area contributed by atoms with Crippen LogP contribution >= 0.6 is 90.4 Å². The number of amides is 1. The van der Waals surface area contributed by atoms with E-state index in [-0.39, 0.29) is 12.2 Å². The number of carbonyl (C=O) groups is 2. The second-order valence-corrected chi connectivity index (χ2v) is 10.2. The number of benzene rings is 2. The highest BCUT2D eigenvalue weighted by atomic mass is 127. The van der Waals surface area contributed by atoms with Gasteiger partial charge >= 0.3 is 5.97 Å². The highest BCUT2D eigenvalue weighted by Gasteiger charge is 2.21. The minimum atomic E-state index is -1.12. The zero-order chi connectivity index (χ0) is 21.0. The van der Waals surface area contributed by atoms with Gasteiger partial charge in [0.15, 0.2) is 5.75 Å². The van der Waals surface area contributed by atoms with Crippen molar-refractivity contribution in [3.05, 3.63) is 56.8 Å². The number of halogens is 4. The number of nitrogens with one attached hydrogen (secondary N) is 1. The van der Waals surface area contributed by atoms with E-state index in [1.165, 1.54) is 0 Å². The van der Waals surface area contributed by atoms with Crippen LogP contribution in [0.15, 0.2) is 36.9 Å². The van der Waals surface area contributed by atoms with Gasteiger partial charge in [-0.15, -0.1) is 0 Å². The standard InChI is InChI=1S/C18H13I4NO5/c1-2-15(24)23-14(18(26)27)5-8-3-12(21)17(13(22)4-8)28-9-6-10(19)16(25)11(20)7-9/h2-4,6-7,14,25H,1,5H2,(H,23,24)(H,26,27)/t14-/m0/s1. The molecule has 3 N–H and O–H groups in total. The van der Waals surface area contributed by atoms with Gasteiger partial charge in [-0.2, -0.15) is 0 Å². The Kier molecular flexibility index (Phi) is 9.06. The van der Waals surface area contributed by atoms with Gasteiger partial charge in [0.2, 0.25) is 5.91 Å². The zero-order valence-corrected chi connectivity index (χ0v) is 22.6. The van der Waals surface area contributed by atoms with Crippen molar-refractivity contribution in [3.63, 3.8) is 0 Å². The molecule has 10 heteroatoms. The first-order valence-corrected chi connectivity index (χ1v) is 11.9. The molecule has 0 bridgehead atoms. The fraction of sp³-hybridized carbons (Fsp3) is 0.111. The normalized spacial score (nSPS) is 11.6. The SMILES string of the molecule is C=CC(=O)N[C@@H](Cc1cc(I)c(Oc2cc(I)c(O)c(I)c2)c(I)c1)C(=O)O. The van der Waals surface area contributed by atoms with Crippen LogP contribution in [0.2, 0.25) is 0 Å². The maximum absolute atomic E-state index is 11.5. The average Bonchev–Trinajstić information content (AvgIpc) is 2.61. The van der Waals surface area contributed by atoms with Crippen molar-refractivity contribution in [3.8, 4) is 17.2 Å². The van der Waals surface area contributed by atoms with Crippen molar-refractivity contribution in [2.45, 2.75) is 12.5 Å². The Bertz CT molecular complexity index is 902. The second-order valence-electron chi connectivity index (χ2n) is 5.53. The molecule has 0 heterocycles. The van der Waals surface area contributed by atoms with Gasteiger partial charge in [0.25, 0.3) is 0 Å². The van der Waals surface area contributed by atoms with Crippen LogP contribution in [0, 0.1) is 14.3 Å². The van der Waals surface area contributed by atoms with Crippen LogP contribution in [0.25, 0.3) is 0 Å². The molecule has 0 fully saturated rings. The summed E-state index contributed by atoms with van der Waals surface area (Å²) in [6, 6.07) is 6.07. The number of phenols is 1. The lowest BCUT2D eigenvalue weighted by atomic mass is 10.1. The van der Waals surface area contributed by atoms with Crippen molar-refractivity contribution >= 4 is 102 Å². The van der Waals surface area contributed by atoms with Crippen LogP contribution in [-0.4, -0.2) is 28.1 Å². The number of carboxylic acid groups (broad SMARTS) is 1. The molecular formula is C18H13I4NO5. The van der Waals surface area contributed by atoms with Crippen LogP contribution in [0.1, 0.15) is 5.56 Å². The van der Waals surface area contributed by atoms with Crippen molar-refractivity contribution in [2.75, 3.05) is 0 Å². The van der Waals surface area contributed by atoms with E-state index in [0.717, 1.165) is 18.8 Å². The number of hydrogen-bond acceptors (Lipinski definition) is 4. The average molecular weight is 831 g/mol. The molecule has 0 aliphatic heterocycles. The molecule has 28 heavy (non-hydrogen) atoms. The fourth-order valence-electron chi connectivity index (χ4n) is 2.21. The Morgan fingerprint density at radius 3 is 2.07 bits per heavy atom. The summed E-state index contributed by atoms with van der Waals surface area (Å²) in [6.07, 6.45) is 1.18. The molecule has 0 aromatic heterocycles. The van der Waals surface area contributed by atoms with Gasteiger partial charge in [0.1, 0.15) is 17.5 Å². The van der Waals surface area contributed by atoms with Crippen molar-refractivity contribution in [2.24, 2.45) is 0 Å². The van der Waals surface area contributed by atoms with Crippen LogP contribution in [0.3, 0.4) is 0 Å². The molecule has 2 aromatic rings. The zero-order valence-electron chi connectivity index (χ0n) is 14.0. The number of rotatable bonds is 7. The van der Waals surface area contributed by atoms with Crippen molar-refractivity contribution < 1.29 is 24.5 Å². The molecule has 148 valence electrons. The molecule has 0 aliphatic carbocycles. The topological polar surface area (TPSA) is 95.9 Å². The maximum Gasteiger partial charge on any atom is 0.326 e. The Balaban J connectivity index is 2.28. The minimum absolute atomic E-state index is 0.135. The van der Waals surface area contributed by atoms with Gasteiger partial charge in [0, 0.05) is 6.42 Å². The van der Waals surface area contributed by atoms with Gasteiger partial charge in [-0.25, -0.2) is 4.79 Å². The number of phenolic OH excluding ortho intramolecular Hbond substituents is 1. The molecule has 0 saturated carbocycles. The predicted molar refractivity (Wildman–Crippen MR) is 139 cm³/mol. The number of ether oxygens (including phenoxy) is 1. The summed E-state index contributed by atoms with van der Waals surface area (Å²) >= 11 is 8.33. The van der Waals surface area contributed by atoms with E-state index in [1.807, 2.05) is 57.3 Å². The number of carbonyl (C=O) groups excluding carboxylic acids is 1. The minimum Gasteiger partial charge on any atom is -0.506 e. The lowest BCUT2D eigenvalue weighted by molar-refractivity contribution is -0.141. The lowest BCUT2D eigenvalue weighted by Crippen LogP contribution is -2.41. The summed E-state index contributed by atoms with van der Waals surface area (Å²) < 4.78 is 8.98. The molecule has 0 aliphatic rings. The van der Waals surface area contributed by atoms with Gasteiger partial charge in [0.05, 0.1) is 14.3 Å². The van der Waals surface area contributed by atoms with Crippen LogP contribution in [-0.2, 0) is 16.0 Å². The summed E-state index contributed by atoms with van der Waals surface area (Å²) in [4.78, 5) is 22.9. The summed E-state index contributed by atoms with van der Waals surface area (Å²) in [5.41, 5.74) is 0.757. The molecule has 0 spiro atoms. The molecule has 1 amide bonds. The Morgan fingerprint density at radius 1 is 1.07 bits per heavy atom. The van der Waals surface area contributed by atoms with E-state index < -0.39 is 17.9 Å². The summed E-state index contributed by atoms with van der Waals surface area (Å²) in [5.74, 6) is -0.197. The summed E-state index contributed by atoms with van der Waals surface area (Å²) in [7, 11) is 0. The monoisotopic (exact) mass is 831 g/mol. The molecule has 1 atom stereocenters. The van der Waals surface area contributed by atoms with E-state index >= 15 is 0 Å². The number of aliphatic carboxylic acids is 1. The molecule has 0 unspecified atom stereocenters. The number of carboxylic acids is 1. The second kappa shape index (κ2) is 10.6. The largest absolute Gasteiger partial charge is 0.506 e. The number of hydrogen-bond donors (Lipinski definition) is 3. The van der Waals surface area contributed by atoms with E-state index in [2.05, 4.69) is 57.1 Å². The molecule has 0 radical (unpaired) electrons. The molecule has 6 nitrogen and oxygen atoms in total. The van der Waals surface area contributed by atoms with Crippen molar-refractivity contribution in [1.29, 1.82) is 0 Å². The lowest BCUT2D eigenvalue weighted by Gasteiger charge is -2.16. The van der Waals surface area contributed by atoms with Gasteiger partial charge < -0.3 is 20.3 Å². The van der Waals surface area contributed by atoms with Crippen LogP contribution < -0.4 is 10.1 Å². The smallest absolute Gasteiger partial charge is 0.326 e. The third kappa shape index (κ3) is 6.32. The van der Waals surface area contributed by atoms with E-state index in [0.29, 0.717) is 18.6 Å². The first kappa shape index (κ1) is 23.9. The fourth-order valence-corrected chi connectivity index (χ4v) is 6.04. The number of aromatic hydroxyl groups is 1. The molecule has 2 aromatic carbocycles. The van der Waals surface area contributed by atoms with Gasteiger partial charge in [-0.3, -0.25) is 4.79 Å². The first-order valence-electron chi connectivity index (χ1n) is 7.62. The molecular weight excluding hydrogens is 818 g/mol. The third-order valence-electron chi connectivity index (χ3n) is 3.51. The van der Waals surface area contributed by atoms with Crippen LogP contribution in [0.5, 0.6) is 17.2 Å². The predicted octanol–water partition coefficient (Wildman–Crippen LogP) is 4.90. The Morgan fingerprint density at radius 2 is 1.61 bits per heavy atom. The van der Waals surface area contributed by atoms with Crippen LogP contribution in [0.4, 0.5) is 0 Å². The third-order valence-corrected chi connectivity index (χ3v) is 6.76. The van der Waals surface area contributed by atoms with Gasteiger partial charge in [-0.1, -0.05) is 6.58 Å². The molecule has 0 saturated heterocycles. The highest BCUT2D eigenvalue weighted by Crippen LogP contribution is 2.36. The van der Waals surface area contributed by atoms with E-state index in [9.17, 15) is 19.8 Å². The highest BCUT2D eigenvalue weighted by molar-refractivity contribution is 14.1. The summed E-state index contributed by atoms with van der Waals surface area (Å²) in [5, 5.41) is 21.6. The Labute approximate surface area is 216 Å². The summed E-state index contributed by atoms with van der Waals surface area (Å²) in [6.45, 7) is 3.34. The first-order chi connectivity index (χ1) is 13.1. The molecule has 2 rings (SSSR count). The van der Waals surface area contributed by atoms with Gasteiger partial charge in [-0.05, 0) is 126 Å². The van der Waals surface area contributed by atoms with E-state index in [4.69, 9.17) is 4.74 Å². The quantitative estimate of drug-likeness (QED) is 0.273.